The van der Waals surface area contributed by atoms with Gasteiger partial charge in [-0.05, 0) is 38.5 Å². The van der Waals surface area contributed by atoms with Crippen molar-refractivity contribution in [1.29, 1.82) is 0 Å². The van der Waals surface area contributed by atoms with Crippen LogP contribution in [-0.4, -0.2) is 36.4 Å². The summed E-state index contributed by atoms with van der Waals surface area (Å²) >= 11 is 0. The summed E-state index contributed by atoms with van der Waals surface area (Å²) < 4.78 is 10.7. The second-order valence-corrected chi connectivity index (χ2v) is 19.7. The highest BCUT2D eigenvalue weighted by atomic mass is 16.6. The van der Waals surface area contributed by atoms with Gasteiger partial charge in [0.25, 0.3) is 0 Å². The van der Waals surface area contributed by atoms with E-state index >= 15 is 0 Å². The molecule has 64 heavy (non-hydrogen) atoms. The van der Waals surface area contributed by atoms with Gasteiger partial charge in [-0.1, -0.05) is 295 Å². The van der Waals surface area contributed by atoms with Crippen molar-refractivity contribution >= 4 is 11.9 Å². The zero-order valence-electron chi connectivity index (χ0n) is 43.3. The van der Waals surface area contributed by atoms with Crippen molar-refractivity contribution in [2.75, 3.05) is 13.2 Å². The largest absolute Gasteiger partial charge is 0.462 e. The van der Waals surface area contributed by atoms with E-state index in [2.05, 4.69) is 38.2 Å². The van der Waals surface area contributed by atoms with Gasteiger partial charge in [0.15, 0.2) is 6.10 Å². The standard InChI is InChI=1S/C59H112O5/c1-3-5-7-9-11-13-15-17-18-19-20-21-22-23-24-25-26-27-28-29-30-31-32-33-34-35-36-37-38-39-40-42-43-45-47-49-51-53-58(61)63-56-57(55-60)64-59(62)54-52-50-48-46-44-41-16-14-12-10-8-6-4-2/h8,10,14,16,57,60H,3-7,9,11-13,15,17-56H2,1-2H3/b10-8-,16-14-. The number of rotatable bonds is 54. The summed E-state index contributed by atoms with van der Waals surface area (Å²) in [7, 11) is 0. The molecule has 1 N–H and O–H groups in total. The number of unbranched alkanes of at least 4 members (excludes halogenated alkanes) is 42. The Balaban J connectivity index is 3.33. The van der Waals surface area contributed by atoms with Crippen LogP contribution in [0, 0.1) is 0 Å². The van der Waals surface area contributed by atoms with Gasteiger partial charge in [0, 0.05) is 12.8 Å². The lowest BCUT2D eigenvalue weighted by molar-refractivity contribution is -0.161. The third-order valence-corrected chi connectivity index (χ3v) is 13.2. The van der Waals surface area contributed by atoms with Gasteiger partial charge in [0.05, 0.1) is 6.61 Å². The maximum Gasteiger partial charge on any atom is 0.306 e. The third kappa shape index (κ3) is 53.0. The predicted molar refractivity (Wildman–Crippen MR) is 279 cm³/mol. The molecule has 0 saturated heterocycles. The fraction of sp³-hybridized carbons (Fsp3) is 0.898. The summed E-state index contributed by atoms with van der Waals surface area (Å²) in [4.78, 5) is 24.4. The molecule has 0 amide bonds. The molecule has 378 valence electrons. The third-order valence-electron chi connectivity index (χ3n) is 13.2. The maximum atomic E-state index is 12.2. The molecule has 5 heteroatoms. The SMILES string of the molecule is CCC/C=C\C/C=C\CCCCCCCC(=O)OC(CO)COC(=O)CCCCCCCCCCCCCCCCCCCCCCCCCCCCCCCCCCCCCCC. The van der Waals surface area contributed by atoms with Gasteiger partial charge in [-0.15, -0.1) is 0 Å². The zero-order valence-corrected chi connectivity index (χ0v) is 43.3. The Kier molecular flexibility index (Phi) is 54.3. The van der Waals surface area contributed by atoms with Gasteiger partial charge in [-0.25, -0.2) is 0 Å². The van der Waals surface area contributed by atoms with Crippen molar-refractivity contribution in [3.63, 3.8) is 0 Å². The number of carbonyl (C=O) groups excluding carboxylic acids is 2. The van der Waals surface area contributed by atoms with Crippen molar-refractivity contribution in [2.24, 2.45) is 0 Å². The number of hydrogen-bond donors (Lipinski definition) is 1. The van der Waals surface area contributed by atoms with Crippen molar-refractivity contribution < 1.29 is 24.2 Å². The molecule has 0 aromatic heterocycles. The second kappa shape index (κ2) is 55.7. The number of esters is 2. The number of hydrogen-bond acceptors (Lipinski definition) is 5. The summed E-state index contributed by atoms with van der Waals surface area (Å²) in [6.07, 6.45) is 70.5. The van der Waals surface area contributed by atoms with E-state index in [0.717, 1.165) is 57.8 Å². The molecular weight excluding hydrogens is 789 g/mol. The average Bonchev–Trinajstić information content (AvgIpc) is 3.30. The van der Waals surface area contributed by atoms with Crippen LogP contribution in [0.25, 0.3) is 0 Å². The van der Waals surface area contributed by atoms with E-state index < -0.39 is 6.10 Å². The first-order chi connectivity index (χ1) is 31.6. The molecule has 0 fully saturated rings. The quantitative estimate of drug-likeness (QED) is 0.0374. The fourth-order valence-electron chi connectivity index (χ4n) is 8.89. The van der Waals surface area contributed by atoms with Crippen LogP contribution in [0.15, 0.2) is 24.3 Å². The molecule has 0 bridgehead atoms. The summed E-state index contributed by atoms with van der Waals surface area (Å²) in [5, 5.41) is 9.60. The Labute approximate surface area is 400 Å². The van der Waals surface area contributed by atoms with Gasteiger partial charge >= 0.3 is 11.9 Å². The van der Waals surface area contributed by atoms with Crippen molar-refractivity contribution in [1.82, 2.24) is 0 Å². The number of aliphatic hydroxyl groups is 1. The molecular formula is C59H112O5. The van der Waals surface area contributed by atoms with Crippen LogP contribution in [-0.2, 0) is 19.1 Å². The summed E-state index contributed by atoms with van der Waals surface area (Å²) in [5.41, 5.74) is 0. The van der Waals surface area contributed by atoms with E-state index in [1.165, 1.54) is 238 Å². The minimum Gasteiger partial charge on any atom is -0.462 e. The molecule has 0 saturated carbocycles. The highest BCUT2D eigenvalue weighted by molar-refractivity contribution is 5.70. The molecule has 0 spiro atoms. The first kappa shape index (κ1) is 62.4. The Morgan fingerprint density at radius 3 is 0.984 bits per heavy atom. The minimum atomic E-state index is -0.775. The first-order valence-corrected chi connectivity index (χ1v) is 28.9. The zero-order chi connectivity index (χ0) is 46.3. The highest BCUT2D eigenvalue weighted by Crippen LogP contribution is 2.18. The van der Waals surface area contributed by atoms with Crippen LogP contribution in [0.1, 0.15) is 322 Å². The van der Waals surface area contributed by atoms with E-state index in [9.17, 15) is 14.7 Å². The second-order valence-electron chi connectivity index (χ2n) is 19.7. The lowest BCUT2D eigenvalue weighted by Gasteiger charge is -2.15. The Morgan fingerprint density at radius 1 is 0.359 bits per heavy atom. The van der Waals surface area contributed by atoms with Crippen molar-refractivity contribution in [3.05, 3.63) is 24.3 Å². The molecule has 1 atom stereocenters. The van der Waals surface area contributed by atoms with Crippen LogP contribution in [0.2, 0.25) is 0 Å². The maximum absolute atomic E-state index is 12.2. The molecule has 0 aliphatic heterocycles. The van der Waals surface area contributed by atoms with E-state index in [4.69, 9.17) is 9.47 Å². The number of allylic oxidation sites excluding steroid dienone is 4. The molecule has 0 rings (SSSR count). The summed E-state index contributed by atoms with van der Waals surface area (Å²) in [6, 6.07) is 0. The van der Waals surface area contributed by atoms with Gasteiger partial charge in [-0.2, -0.15) is 0 Å². The highest BCUT2D eigenvalue weighted by Gasteiger charge is 2.16. The molecule has 0 aromatic rings. The lowest BCUT2D eigenvalue weighted by Crippen LogP contribution is -2.28. The number of ether oxygens (including phenoxy) is 2. The molecule has 0 aliphatic carbocycles. The number of aliphatic hydroxyl groups excluding tert-OH is 1. The van der Waals surface area contributed by atoms with Gasteiger partial charge in [0.2, 0.25) is 0 Å². The molecule has 0 aromatic carbocycles. The Hall–Kier alpha value is -1.62. The predicted octanol–water partition coefficient (Wildman–Crippen LogP) is 19.3. The summed E-state index contributed by atoms with van der Waals surface area (Å²) in [5.74, 6) is -0.593. The fourth-order valence-corrected chi connectivity index (χ4v) is 8.89. The minimum absolute atomic E-state index is 0.0668. The molecule has 0 radical (unpaired) electrons. The van der Waals surface area contributed by atoms with E-state index in [1.807, 2.05) is 0 Å². The van der Waals surface area contributed by atoms with Crippen LogP contribution < -0.4 is 0 Å². The normalized spacial score (nSPS) is 12.2. The van der Waals surface area contributed by atoms with E-state index in [-0.39, 0.29) is 25.2 Å². The van der Waals surface area contributed by atoms with Crippen LogP contribution in [0.3, 0.4) is 0 Å². The van der Waals surface area contributed by atoms with Gasteiger partial charge in [-0.3, -0.25) is 9.59 Å². The van der Waals surface area contributed by atoms with Crippen LogP contribution in [0.5, 0.6) is 0 Å². The average molecular weight is 902 g/mol. The Bertz CT molecular complexity index is 974. The monoisotopic (exact) mass is 901 g/mol. The first-order valence-electron chi connectivity index (χ1n) is 28.9. The lowest BCUT2D eigenvalue weighted by atomic mass is 10.0. The number of carbonyl (C=O) groups is 2. The smallest absolute Gasteiger partial charge is 0.306 e. The molecule has 0 heterocycles. The van der Waals surface area contributed by atoms with Crippen LogP contribution in [0.4, 0.5) is 0 Å². The molecule has 1 unspecified atom stereocenters. The van der Waals surface area contributed by atoms with Crippen LogP contribution >= 0.6 is 0 Å². The van der Waals surface area contributed by atoms with Gasteiger partial charge < -0.3 is 14.6 Å². The van der Waals surface area contributed by atoms with Gasteiger partial charge in [0.1, 0.15) is 6.61 Å². The van der Waals surface area contributed by atoms with Crippen molar-refractivity contribution in [3.8, 4) is 0 Å². The molecule has 0 aliphatic rings. The van der Waals surface area contributed by atoms with Crippen molar-refractivity contribution in [2.45, 2.75) is 328 Å². The van der Waals surface area contributed by atoms with E-state index in [0.29, 0.717) is 12.8 Å². The molecule has 5 nitrogen and oxygen atoms in total. The summed E-state index contributed by atoms with van der Waals surface area (Å²) in [6.45, 7) is 4.10. The topological polar surface area (TPSA) is 72.8 Å². The van der Waals surface area contributed by atoms with E-state index in [1.54, 1.807) is 0 Å². The Morgan fingerprint density at radius 2 is 0.656 bits per heavy atom.